The molecule has 128 valence electrons. The summed E-state index contributed by atoms with van der Waals surface area (Å²) in [6, 6.07) is 5.65. The molecule has 1 aromatic rings. The molecule has 1 heterocycles. The molecule has 0 bridgehead atoms. The van der Waals surface area contributed by atoms with Gasteiger partial charge in [-0.2, -0.15) is 13.2 Å². The lowest BCUT2D eigenvalue weighted by molar-refractivity contribution is -0.137. The summed E-state index contributed by atoms with van der Waals surface area (Å²) in [7, 11) is 0. The largest absolute Gasteiger partial charge is 0.416 e. The maximum atomic E-state index is 12.7. The van der Waals surface area contributed by atoms with Gasteiger partial charge in [-0.25, -0.2) is 0 Å². The summed E-state index contributed by atoms with van der Waals surface area (Å²) in [5.41, 5.74) is 0.0129. The van der Waals surface area contributed by atoms with E-state index in [-0.39, 0.29) is 11.9 Å². The van der Waals surface area contributed by atoms with Gasteiger partial charge in [-0.15, -0.1) is 0 Å². The van der Waals surface area contributed by atoms with Crippen molar-refractivity contribution in [2.45, 2.75) is 45.5 Å². The fourth-order valence-corrected chi connectivity index (χ4v) is 3.11. The third kappa shape index (κ3) is 4.70. The molecule has 23 heavy (non-hydrogen) atoms. The topological polar surface area (TPSA) is 32.3 Å². The molecule has 1 aromatic carbocycles. The van der Waals surface area contributed by atoms with Crippen molar-refractivity contribution in [3.05, 3.63) is 35.4 Å². The van der Waals surface area contributed by atoms with Crippen molar-refractivity contribution >= 4 is 5.91 Å². The first kappa shape index (κ1) is 17.8. The second kappa shape index (κ2) is 7.34. The van der Waals surface area contributed by atoms with Crippen LogP contribution in [0.5, 0.6) is 0 Å². The van der Waals surface area contributed by atoms with Gasteiger partial charge in [-0.1, -0.05) is 31.5 Å². The van der Waals surface area contributed by atoms with E-state index < -0.39 is 11.7 Å². The van der Waals surface area contributed by atoms with Gasteiger partial charge < -0.3 is 10.2 Å². The van der Waals surface area contributed by atoms with Crippen LogP contribution in [0.2, 0.25) is 0 Å². The standard InChI is InChI=1S/C17H23F3N2O/c1-3-14-11-22(12(2)23)8-7-16(14)21-10-13-5-4-6-15(9-13)17(18,19)20/h4-6,9,14,16,21H,3,7-8,10-11H2,1-2H3. The Morgan fingerprint density at radius 2 is 2.13 bits per heavy atom. The van der Waals surface area contributed by atoms with Gasteiger partial charge in [-0.3, -0.25) is 4.79 Å². The number of nitrogens with zero attached hydrogens (tertiary/aromatic N) is 1. The predicted octanol–water partition coefficient (Wildman–Crippen LogP) is 3.44. The lowest BCUT2D eigenvalue weighted by atomic mass is 9.89. The number of benzene rings is 1. The summed E-state index contributed by atoms with van der Waals surface area (Å²) in [5, 5.41) is 3.37. The molecule has 0 aromatic heterocycles. The van der Waals surface area contributed by atoms with Crippen molar-refractivity contribution in [1.82, 2.24) is 10.2 Å². The summed E-state index contributed by atoms with van der Waals surface area (Å²) < 4.78 is 38.2. The van der Waals surface area contributed by atoms with Crippen LogP contribution < -0.4 is 5.32 Å². The first-order valence-electron chi connectivity index (χ1n) is 7.96. The number of hydrogen-bond acceptors (Lipinski definition) is 2. The number of nitrogens with one attached hydrogen (secondary N) is 1. The third-order valence-corrected chi connectivity index (χ3v) is 4.53. The van der Waals surface area contributed by atoms with Gasteiger partial charge in [0.25, 0.3) is 0 Å². The first-order chi connectivity index (χ1) is 10.8. The molecule has 2 rings (SSSR count). The molecule has 1 amide bonds. The Bertz CT molecular complexity index is 545. The average Bonchev–Trinajstić information content (AvgIpc) is 2.52. The second-order valence-electron chi connectivity index (χ2n) is 6.11. The van der Waals surface area contributed by atoms with E-state index in [0.29, 0.717) is 31.1 Å². The highest BCUT2D eigenvalue weighted by atomic mass is 19.4. The Morgan fingerprint density at radius 1 is 1.39 bits per heavy atom. The molecule has 1 fully saturated rings. The van der Waals surface area contributed by atoms with Crippen LogP contribution in [0.4, 0.5) is 13.2 Å². The van der Waals surface area contributed by atoms with Gasteiger partial charge in [-0.05, 0) is 24.0 Å². The fraction of sp³-hybridized carbons (Fsp3) is 0.588. The van der Waals surface area contributed by atoms with Crippen LogP contribution in [-0.4, -0.2) is 29.9 Å². The maximum absolute atomic E-state index is 12.7. The molecule has 0 spiro atoms. The van der Waals surface area contributed by atoms with E-state index in [2.05, 4.69) is 12.2 Å². The van der Waals surface area contributed by atoms with Gasteiger partial charge in [0.1, 0.15) is 0 Å². The predicted molar refractivity (Wildman–Crippen MR) is 82.7 cm³/mol. The first-order valence-corrected chi connectivity index (χ1v) is 7.96. The minimum atomic E-state index is -4.31. The van der Waals surface area contributed by atoms with Gasteiger partial charge in [0.05, 0.1) is 5.56 Å². The number of alkyl halides is 3. The maximum Gasteiger partial charge on any atom is 0.416 e. The van der Waals surface area contributed by atoms with Crippen LogP contribution in [0.1, 0.15) is 37.8 Å². The minimum Gasteiger partial charge on any atom is -0.343 e. The molecule has 0 radical (unpaired) electrons. The third-order valence-electron chi connectivity index (χ3n) is 4.53. The molecule has 6 heteroatoms. The summed E-state index contributed by atoms with van der Waals surface area (Å²) in [6.07, 6.45) is -2.55. The van der Waals surface area contributed by atoms with E-state index in [9.17, 15) is 18.0 Å². The van der Waals surface area contributed by atoms with E-state index in [4.69, 9.17) is 0 Å². The average molecular weight is 328 g/mol. The van der Waals surface area contributed by atoms with Gasteiger partial charge in [0.15, 0.2) is 0 Å². The molecule has 1 saturated heterocycles. The summed E-state index contributed by atoms with van der Waals surface area (Å²) in [4.78, 5) is 13.3. The molecule has 1 aliphatic heterocycles. The summed E-state index contributed by atoms with van der Waals surface area (Å²) >= 11 is 0. The van der Waals surface area contributed by atoms with Gasteiger partial charge in [0.2, 0.25) is 5.91 Å². The van der Waals surface area contributed by atoms with Crippen molar-refractivity contribution in [3.8, 4) is 0 Å². The number of piperidine rings is 1. The molecular formula is C17H23F3N2O. The van der Waals surface area contributed by atoms with Crippen LogP contribution in [0, 0.1) is 5.92 Å². The number of carbonyl (C=O) groups is 1. The Balaban J connectivity index is 1.96. The normalized spacial score (nSPS) is 22.2. The lowest BCUT2D eigenvalue weighted by Crippen LogP contribution is -2.50. The monoisotopic (exact) mass is 328 g/mol. The zero-order chi connectivity index (χ0) is 17.0. The molecule has 1 aliphatic rings. The van der Waals surface area contributed by atoms with Crippen molar-refractivity contribution in [3.63, 3.8) is 0 Å². The molecule has 1 N–H and O–H groups in total. The quantitative estimate of drug-likeness (QED) is 0.918. The summed E-state index contributed by atoms with van der Waals surface area (Å²) in [5.74, 6) is 0.415. The fourth-order valence-electron chi connectivity index (χ4n) is 3.11. The van der Waals surface area contributed by atoms with Crippen molar-refractivity contribution < 1.29 is 18.0 Å². The number of rotatable bonds is 4. The number of carbonyl (C=O) groups excluding carboxylic acids is 1. The number of halogens is 3. The Labute approximate surface area is 134 Å². The minimum absolute atomic E-state index is 0.0831. The smallest absolute Gasteiger partial charge is 0.343 e. The number of hydrogen-bond donors (Lipinski definition) is 1. The molecule has 0 saturated carbocycles. The van der Waals surface area contributed by atoms with Crippen molar-refractivity contribution in [1.29, 1.82) is 0 Å². The highest BCUT2D eigenvalue weighted by molar-refractivity contribution is 5.73. The zero-order valence-electron chi connectivity index (χ0n) is 13.5. The highest BCUT2D eigenvalue weighted by Crippen LogP contribution is 2.29. The molecule has 2 unspecified atom stereocenters. The van der Waals surface area contributed by atoms with Crippen LogP contribution >= 0.6 is 0 Å². The lowest BCUT2D eigenvalue weighted by Gasteiger charge is -2.38. The summed E-state index contributed by atoms with van der Waals surface area (Å²) in [6.45, 7) is 5.47. The molecule has 3 nitrogen and oxygen atoms in total. The number of likely N-dealkylation sites (tertiary alicyclic amines) is 1. The van der Waals surface area contributed by atoms with Crippen molar-refractivity contribution in [2.24, 2.45) is 5.92 Å². The molecule has 0 aliphatic carbocycles. The van der Waals surface area contributed by atoms with E-state index in [1.165, 1.54) is 12.1 Å². The Hall–Kier alpha value is -1.56. The van der Waals surface area contributed by atoms with Crippen LogP contribution in [0.3, 0.4) is 0 Å². The highest BCUT2D eigenvalue weighted by Gasteiger charge is 2.31. The van der Waals surface area contributed by atoms with Crippen molar-refractivity contribution in [2.75, 3.05) is 13.1 Å². The number of amides is 1. The van der Waals surface area contributed by atoms with Crippen LogP contribution in [0.15, 0.2) is 24.3 Å². The molecule has 2 atom stereocenters. The van der Waals surface area contributed by atoms with Crippen LogP contribution in [-0.2, 0) is 17.5 Å². The Kier molecular flexibility index (Phi) is 5.68. The van der Waals surface area contributed by atoms with Crippen LogP contribution in [0.25, 0.3) is 0 Å². The molecular weight excluding hydrogens is 305 g/mol. The van der Waals surface area contributed by atoms with E-state index in [0.717, 1.165) is 18.9 Å². The Morgan fingerprint density at radius 3 is 2.74 bits per heavy atom. The second-order valence-corrected chi connectivity index (χ2v) is 6.11. The van der Waals surface area contributed by atoms with E-state index in [1.807, 2.05) is 4.90 Å². The van der Waals surface area contributed by atoms with E-state index in [1.54, 1.807) is 13.0 Å². The van der Waals surface area contributed by atoms with Gasteiger partial charge >= 0.3 is 6.18 Å². The SMILES string of the molecule is CCC1CN(C(C)=O)CCC1NCc1cccc(C(F)(F)F)c1. The van der Waals surface area contributed by atoms with E-state index >= 15 is 0 Å². The zero-order valence-corrected chi connectivity index (χ0v) is 13.5. The van der Waals surface area contributed by atoms with Gasteiger partial charge in [0, 0.05) is 32.6 Å².